The topological polar surface area (TPSA) is 54.9 Å². The Hall–Kier alpha value is -2.53. The first-order valence-electron chi connectivity index (χ1n) is 8.99. The molecule has 0 spiro atoms. The van der Waals surface area contributed by atoms with E-state index < -0.39 is 0 Å². The Morgan fingerprint density at radius 1 is 0.923 bits per heavy atom. The summed E-state index contributed by atoms with van der Waals surface area (Å²) in [7, 11) is 3.46. The van der Waals surface area contributed by atoms with E-state index in [1.54, 1.807) is 14.2 Å². The molecule has 140 valence electrons. The van der Waals surface area contributed by atoms with E-state index in [1.807, 2.05) is 36.4 Å². The van der Waals surface area contributed by atoms with Gasteiger partial charge >= 0.3 is 0 Å². The molecule has 0 radical (unpaired) electrons. The molecule has 0 saturated heterocycles. The van der Waals surface area contributed by atoms with E-state index >= 15 is 0 Å². The first-order chi connectivity index (χ1) is 12.8. The zero-order chi connectivity index (χ0) is 18.6. The molecule has 2 rings (SSSR count). The van der Waals surface area contributed by atoms with Gasteiger partial charge in [-0.2, -0.15) is 0 Å². The maximum absolute atomic E-state index is 5.69. The van der Waals surface area contributed by atoms with Gasteiger partial charge in [-0.1, -0.05) is 49.4 Å². The number of rotatable bonds is 9. The minimum atomic E-state index is 0.638. The van der Waals surface area contributed by atoms with Gasteiger partial charge in [-0.25, -0.2) is 0 Å². The summed E-state index contributed by atoms with van der Waals surface area (Å²) < 4.78 is 11.1. The number of hydrogen-bond donors (Lipinski definition) is 2. The maximum atomic E-state index is 5.69. The molecule has 0 unspecified atom stereocenters. The second-order valence-corrected chi connectivity index (χ2v) is 5.91. The minimum absolute atomic E-state index is 0.638. The van der Waals surface area contributed by atoms with Gasteiger partial charge < -0.3 is 20.1 Å². The summed E-state index contributed by atoms with van der Waals surface area (Å²) in [5.41, 5.74) is 3.50. The van der Waals surface area contributed by atoms with Crippen LogP contribution in [0.4, 0.5) is 0 Å². The molecule has 5 nitrogen and oxygen atoms in total. The molecule has 0 aromatic heterocycles. The molecule has 0 amide bonds. The Bertz CT molecular complexity index is 701. The van der Waals surface area contributed by atoms with Gasteiger partial charge in [0.05, 0.1) is 13.7 Å². The second kappa shape index (κ2) is 11.2. The van der Waals surface area contributed by atoms with Crippen molar-refractivity contribution in [3.63, 3.8) is 0 Å². The molecule has 0 aliphatic carbocycles. The van der Waals surface area contributed by atoms with E-state index in [0.717, 1.165) is 30.3 Å². The number of nitrogens with one attached hydrogen (secondary N) is 2. The zero-order valence-electron chi connectivity index (χ0n) is 15.9. The first kappa shape index (κ1) is 19.8. The summed E-state index contributed by atoms with van der Waals surface area (Å²) in [6, 6.07) is 16.3. The van der Waals surface area contributed by atoms with E-state index in [1.165, 1.54) is 11.1 Å². The second-order valence-electron chi connectivity index (χ2n) is 5.91. The van der Waals surface area contributed by atoms with Crippen LogP contribution in [0.3, 0.4) is 0 Å². The predicted octanol–water partition coefficient (Wildman–Crippen LogP) is 3.49. The van der Waals surface area contributed by atoms with Crippen LogP contribution in [0.15, 0.2) is 53.5 Å². The summed E-state index contributed by atoms with van der Waals surface area (Å²) >= 11 is 0. The van der Waals surface area contributed by atoms with Gasteiger partial charge in [0.2, 0.25) is 0 Å². The van der Waals surface area contributed by atoms with Gasteiger partial charge in [0, 0.05) is 32.3 Å². The molecule has 26 heavy (non-hydrogen) atoms. The summed E-state index contributed by atoms with van der Waals surface area (Å²) in [5.74, 6) is 1.62. The molecule has 0 heterocycles. The number of aliphatic imine (C=N–C) groups is 1. The van der Waals surface area contributed by atoms with Gasteiger partial charge in [-0.15, -0.1) is 0 Å². The molecule has 0 aliphatic heterocycles. The van der Waals surface area contributed by atoms with E-state index in [0.29, 0.717) is 19.7 Å². The molecule has 0 atom stereocenters. The Balaban J connectivity index is 1.91. The summed E-state index contributed by atoms with van der Waals surface area (Å²) in [5, 5.41) is 6.70. The third-order valence-corrected chi connectivity index (χ3v) is 4.03. The fourth-order valence-corrected chi connectivity index (χ4v) is 2.62. The quantitative estimate of drug-likeness (QED) is 0.411. The number of para-hydroxylation sites is 1. The van der Waals surface area contributed by atoms with Crippen molar-refractivity contribution in [2.45, 2.75) is 33.0 Å². The summed E-state index contributed by atoms with van der Waals surface area (Å²) in [4.78, 5) is 4.30. The largest absolute Gasteiger partial charge is 0.496 e. The lowest BCUT2D eigenvalue weighted by Gasteiger charge is -2.15. The van der Waals surface area contributed by atoms with Crippen LogP contribution < -0.4 is 15.4 Å². The SMILES string of the molecule is CCCOCc1ccccc1CNC(=NC)NCc1ccccc1OC. The van der Waals surface area contributed by atoms with E-state index in [4.69, 9.17) is 9.47 Å². The smallest absolute Gasteiger partial charge is 0.191 e. The summed E-state index contributed by atoms with van der Waals surface area (Å²) in [6.45, 7) is 4.87. The van der Waals surface area contributed by atoms with Crippen LogP contribution in [0, 0.1) is 0 Å². The standard InChI is InChI=1S/C21H29N3O2/c1-4-13-26-16-19-11-6-5-9-17(19)14-23-21(22-2)24-15-18-10-7-8-12-20(18)25-3/h5-12H,4,13-16H2,1-3H3,(H2,22,23,24). The van der Waals surface area contributed by atoms with Crippen molar-refractivity contribution in [3.05, 3.63) is 65.2 Å². The zero-order valence-corrected chi connectivity index (χ0v) is 15.9. The molecular weight excluding hydrogens is 326 g/mol. The lowest BCUT2D eigenvalue weighted by atomic mass is 10.1. The van der Waals surface area contributed by atoms with Crippen molar-refractivity contribution in [2.24, 2.45) is 4.99 Å². The van der Waals surface area contributed by atoms with E-state index in [2.05, 4.69) is 34.7 Å². The lowest BCUT2D eigenvalue weighted by Crippen LogP contribution is -2.36. The Labute approximate surface area is 156 Å². The number of ether oxygens (including phenoxy) is 2. The van der Waals surface area contributed by atoms with Crippen molar-refractivity contribution in [1.82, 2.24) is 10.6 Å². The number of nitrogens with zero attached hydrogens (tertiary/aromatic N) is 1. The van der Waals surface area contributed by atoms with Crippen LogP contribution >= 0.6 is 0 Å². The van der Waals surface area contributed by atoms with Crippen molar-refractivity contribution in [1.29, 1.82) is 0 Å². The fourth-order valence-electron chi connectivity index (χ4n) is 2.62. The molecule has 2 aromatic rings. The molecule has 0 bridgehead atoms. The van der Waals surface area contributed by atoms with E-state index in [-0.39, 0.29) is 0 Å². The van der Waals surface area contributed by atoms with Crippen molar-refractivity contribution in [2.75, 3.05) is 20.8 Å². The third kappa shape index (κ3) is 6.08. The van der Waals surface area contributed by atoms with Crippen LogP contribution in [-0.4, -0.2) is 26.7 Å². The van der Waals surface area contributed by atoms with Gasteiger partial charge in [0.25, 0.3) is 0 Å². The van der Waals surface area contributed by atoms with Crippen LogP contribution in [-0.2, 0) is 24.4 Å². The average molecular weight is 355 g/mol. The monoisotopic (exact) mass is 355 g/mol. The van der Waals surface area contributed by atoms with Gasteiger partial charge in [-0.05, 0) is 23.6 Å². The van der Waals surface area contributed by atoms with Crippen molar-refractivity contribution in [3.8, 4) is 5.75 Å². The van der Waals surface area contributed by atoms with Gasteiger partial charge in [0.1, 0.15) is 5.75 Å². The van der Waals surface area contributed by atoms with Crippen molar-refractivity contribution < 1.29 is 9.47 Å². The molecule has 0 fully saturated rings. The highest BCUT2D eigenvalue weighted by atomic mass is 16.5. The van der Waals surface area contributed by atoms with Crippen LogP contribution in [0.5, 0.6) is 5.75 Å². The number of benzene rings is 2. The highest BCUT2D eigenvalue weighted by Crippen LogP contribution is 2.16. The molecule has 0 aliphatic rings. The number of guanidine groups is 1. The van der Waals surface area contributed by atoms with Crippen molar-refractivity contribution >= 4 is 5.96 Å². The molecular formula is C21H29N3O2. The molecule has 2 aromatic carbocycles. The molecule has 0 saturated carbocycles. The van der Waals surface area contributed by atoms with Gasteiger partial charge in [0.15, 0.2) is 5.96 Å². The normalized spacial score (nSPS) is 11.3. The Morgan fingerprint density at radius 2 is 1.54 bits per heavy atom. The minimum Gasteiger partial charge on any atom is -0.496 e. The fraction of sp³-hybridized carbons (Fsp3) is 0.381. The Kier molecular flexibility index (Phi) is 8.49. The van der Waals surface area contributed by atoms with Crippen LogP contribution in [0.25, 0.3) is 0 Å². The summed E-state index contributed by atoms with van der Waals surface area (Å²) in [6.07, 6.45) is 1.03. The van der Waals surface area contributed by atoms with Crippen LogP contribution in [0.2, 0.25) is 0 Å². The van der Waals surface area contributed by atoms with E-state index in [9.17, 15) is 0 Å². The predicted molar refractivity (Wildman–Crippen MR) is 106 cm³/mol. The molecule has 2 N–H and O–H groups in total. The average Bonchev–Trinajstić information content (AvgIpc) is 2.69. The van der Waals surface area contributed by atoms with Gasteiger partial charge in [-0.3, -0.25) is 4.99 Å². The third-order valence-electron chi connectivity index (χ3n) is 4.03. The highest BCUT2D eigenvalue weighted by molar-refractivity contribution is 5.79. The Morgan fingerprint density at radius 3 is 2.19 bits per heavy atom. The lowest BCUT2D eigenvalue weighted by molar-refractivity contribution is 0.121. The number of hydrogen-bond acceptors (Lipinski definition) is 3. The molecule has 5 heteroatoms. The first-order valence-corrected chi connectivity index (χ1v) is 8.99. The number of methoxy groups -OCH3 is 1. The van der Waals surface area contributed by atoms with Crippen LogP contribution in [0.1, 0.15) is 30.0 Å². The maximum Gasteiger partial charge on any atom is 0.191 e. The highest BCUT2D eigenvalue weighted by Gasteiger charge is 2.06.